The number of rotatable bonds is 6. The van der Waals surface area contributed by atoms with Crippen molar-refractivity contribution in [3.63, 3.8) is 0 Å². The molecule has 32 heavy (non-hydrogen) atoms. The summed E-state index contributed by atoms with van der Waals surface area (Å²) < 4.78 is 1.11. The van der Waals surface area contributed by atoms with Gasteiger partial charge in [0.25, 0.3) is 5.91 Å². The molecule has 2 heterocycles. The van der Waals surface area contributed by atoms with Crippen molar-refractivity contribution < 1.29 is 4.79 Å². The Morgan fingerprint density at radius 3 is 2.53 bits per heavy atom. The predicted octanol–water partition coefficient (Wildman–Crippen LogP) is 6.83. The van der Waals surface area contributed by atoms with Crippen LogP contribution in [0.25, 0.3) is 21.2 Å². The highest BCUT2D eigenvalue weighted by molar-refractivity contribution is 7.20. The molecule has 5 aromatic rings. The number of thiophene rings is 1. The van der Waals surface area contributed by atoms with Crippen LogP contribution in [0, 0.1) is 0 Å². The van der Waals surface area contributed by atoms with E-state index in [-0.39, 0.29) is 5.91 Å². The third-order valence-electron chi connectivity index (χ3n) is 5.24. The van der Waals surface area contributed by atoms with Gasteiger partial charge in [-0.3, -0.25) is 9.78 Å². The SMILES string of the molecule is O=C(Nc1ccccc1-c1cccc(NCc2ccncc2)c1)c1cc2ccccc2s1. The lowest BCUT2D eigenvalue weighted by atomic mass is 10.0. The van der Waals surface area contributed by atoms with Crippen LogP contribution in [0.4, 0.5) is 11.4 Å². The van der Waals surface area contributed by atoms with Crippen LogP contribution < -0.4 is 10.6 Å². The summed E-state index contributed by atoms with van der Waals surface area (Å²) in [5.74, 6) is -0.0920. The lowest BCUT2D eigenvalue weighted by Gasteiger charge is -2.13. The molecular formula is C27H21N3OS. The number of hydrogen-bond acceptors (Lipinski definition) is 4. The van der Waals surface area contributed by atoms with Gasteiger partial charge in [0.2, 0.25) is 0 Å². The highest BCUT2D eigenvalue weighted by Crippen LogP contribution is 2.31. The van der Waals surface area contributed by atoms with Crippen molar-refractivity contribution in [1.82, 2.24) is 4.98 Å². The second-order valence-corrected chi connectivity index (χ2v) is 8.52. The zero-order valence-corrected chi connectivity index (χ0v) is 18.1. The van der Waals surface area contributed by atoms with Gasteiger partial charge in [0.1, 0.15) is 0 Å². The van der Waals surface area contributed by atoms with E-state index in [1.165, 1.54) is 16.9 Å². The van der Waals surface area contributed by atoms with E-state index >= 15 is 0 Å². The molecule has 0 atom stereocenters. The molecule has 156 valence electrons. The maximum absolute atomic E-state index is 13.0. The van der Waals surface area contributed by atoms with Gasteiger partial charge in [0.15, 0.2) is 0 Å². The van der Waals surface area contributed by atoms with Crippen LogP contribution in [0.3, 0.4) is 0 Å². The number of carbonyl (C=O) groups is 1. The Kier molecular flexibility index (Phi) is 5.64. The van der Waals surface area contributed by atoms with Crippen LogP contribution >= 0.6 is 11.3 Å². The van der Waals surface area contributed by atoms with Crippen LogP contribution in [0.2, 0.25) is 0 Å². The Hall–Kier alpha value is -3.96. The highest BCUT2D eigenvalue weighted by atomic mass is 32.1. The molecular weight excluding hydrogens is 414 g/mol. The summed E-state index contributed by atoms with van der Waals surface area (Å²) in [5, 5.41) is 7.65. The molecule has 3 aromatic carbocycles. The Morgan fingerprint density at radius 2 is 1.66 bits per heavy atom. The van der Waals surface area contributed by atoms with Gasteiger partial charge in [-0.15, -0.1) is 11.3 Å². The van der Waals surface area contributed by atoms with Gasteiger partial charge in [-0.1, -0.05) is 48.5 Å². The number of anilines is 2. The van der Waals surface area contributed by atoms with Gasteiger partial charge in [-0.25, -0.2) is 0 Å². The number of fused-ring (bicyclic) bond motifs is 1. The van der Waals surface area contributed by atoms with Gasteiger partial charge >= 0.3 is 0 Å². The number of benzene rings is 3. The number of aromatic nitrogens is 1. The molecule has 0 radical (unpaired) electrons. The van der Waals surface area contributed by atoms with Gasteiger partial charge in [-0.2, -0.15) is 0 Å². The predicted molar refractivity (Wildman–Crippen MR) is 133 cm³/mol. The Labute approximate surface area is 190 Å². The summed E-state index contributed by atoms with van der Waals surface area (Å²) in [7, 11) is 0. The van der Waals surface area contributed by atoms with Crippen LogP contribution in [0.5, 0.6) is 0 Å². The van der Waals surface area contributed by atoms with Crippen LogP contribution in [0.1, 0.15) is 15.2 Å². The number of carbonyl (C=O) groups excluding carboxylic acids is 1. The quantitative estimate of drug-likeness (QED) is 0.307. The number of nitrogens with zero attached hydrogens (tertiary/aromatic N) is 1. The first-order chi connectivity index (χ1) is 15.8. The Balaban J connectivity index is 1.37. The van der Waals surface area contributed by atoms with Crippen molar-refractivity contribution in [2.75, 3.05) is 10.6 Å². The van der Waals surface area contributed by atoms with E-state index in [1.807, 2.05) is 78.9 Å². The first kappa shape index (κ1) is 20.0. The maximum atomic E-state index is 13.0. The lowest BCUT2D eigenvalue weighted by Crippen LogP contribution is -2.10. The number of amides is 1. The number of hydrogen-bond donors (Lipinski definition) is 2. The summed E-state index contributed by atoms with van der Waals surface area (Å²) in [6.45, 7) is 0.719. The van der Waals surface area contributed by atoms with E-state index in [4.69, 9.17) is 0 Å². The molecule has 5 heteroatoms. The zero-order valence-electron chi connectivity index (χ0n) is 17.3. The van der Waals surface area contributed by atoms with E-state index in [2.05, 4.69) is 27.8 Å². The van der Waals surface area contributed by atoms with E-state index in [0.29, 0.717) is 4.88 Å². The monoisotopic (exact) mass is 435 g/mol. The summed E-state index contributed by atoms with van der Waals surface area (Å²) in [4.78, 5) is 17.7. The van der Waals surface area contributed by atoms with Gasteiger partial charge in [0.05, 0.1) is 4.88 Å². The maximum Gasteiger partial charge on any atom is 0.265 e. The third kappa shape index (κ3) is 4.38. The fraction of sp³-hybridized carbons (Fsp3) is 0.0370. The van der Waals surface area contributed by atoms with Crippen LogP contribution in [-0.2, 0) is 6.54 Å². The summed E-state index contributed by atoms with van der Waals surface area (Å²) >= 11 is 1.51. The number of para-hydroxylation sites is 1. The minimum Gasteiger partial charge on any atom is -0.381 e. The molecule has 0 fully saturated rings. The third-order valence-corrected chi connectivity index (χ3v) is 6.36. The largest absolute Gasteiger partial charge is 0.381 e. The average Bonchev–Trinajstić information content (AvgIpc) is 3.29. The zero-order chi connectivity index (χ0) is 21.8. The molecule has 0 saturated carbocycles. The van der Waals surface area contributed by atoms with Crippen molar-refractivity contribution in [3.05, 3.63) is 114 Å². The topological polar surface area (TPSA) is 54.0 Å². The molecule has 0 aliphatic carbocycles. The number of pyridine rings is 1. The van der Waals surface area contributed by atoms with Crippen molar-refractivity contribution in [3.8, 4) is 11.1 Å². The lowest BCUT2D eigenvalue weighted by molar-refractivity contribution is 0.103. The molecule has 2 N–H and O–H groups in total. The second kappa shape index (κ2) is 9.04. The molecule has 2 aromatic heterocycles. The molecule has 0 unspecified atom stereocenters. The first-order valence-corrected chi connectivity index (χ1v) is 11.2. The van der Waals surface area contributed by atoms with Gasteiger partial charge in [0, 0.05) is 40.6 Å². The summed E-state index contributed by atoms with van der Waals surface area (Å²) in [5.41, 5.74) is 5.00. The van der Waals surface area contributed by atoms with Crippen LogP contribution in [-0.4, -0.2) is 10.9 Å². The summed E-state index contributed by atoms with van der Waals surface area (Å²) in [6, 6.07) is 30.1. The van der Waals surface area contributed by atoms with E-state index in [1.54, 1.807) is 12.4 Å². The van der Waals surface area contributed by atoms with Gasteiger partial charge in [-0.05, 0) is 59.0 Å². The van der Waals surface area contributed by atoms with E-state index < -0.39 is 0 Å². The second-order valence-electron chi connectivity index (χ2n) is 7.44. The molecule has 0 spiro atoms. The number of nitrogens with one attached hydrogen (secondary N) is 2. The first-order valence-electron chi connectivity index (χ1n) is 10.4. The minimum atomic E-state index is -0.0920. The van der Waals surface area contributed by atoms with Crippen LogP contribution in [0.15, 0.2) is 103 Å². The van der Waals surface area contributed by atoms with Crippen molar-refractivity contribution in [1.29, 1.82) is 0 Å². The molecule has 4 nitrogen and oxygen atoms in total. The van der Waals surface area contributed by atoms with Crippen molar-refractivity contribution in [2.45, 2.75) is 6.54 Å². The van der Waals surface area contributed by atoms with Crippen molar-refractivity contribution in [2.24, 2.45) is 0 Å². The highest BCUT2D eigenvalue weighted by Gasteiger charge is 2.13. The summed E-state index contributed by atoms with van der Waals surface area (Å²) in [6.07, 6.45) is 3.59. The average molecular weight is 436 g/mol. The van der Waals surface area contributed by atoms with E-state index in [0.717, 1.165) is 39.1 Å². The molecule has 0 bridgehead atoms. The van der Waals surface area contributed by atoms with Gasteiger partial charge < -0.3 is 10.6 Å². The standard InChI is InChI=1S/C27H21N3OS/c31-27(26-17-21-6-1-4-11-25(21)32-26)30-24-10-3-2-9-23(24)20-7-5-8-22(16-20)29-18-19-12-14-28-15-13-19/h1-17,29H,18H2,(H,30,31). The van der Waals surface area contributed by atoms with Crippen molar-refractivity contribution >= 4 is 38.7 Å². The minimum absolute atomic E-state index is 0.0920. The molecule has 0 aliphatic heterocycles. The fourth-order valence-corrected chi connectivity index (χ4v) is 4.58. The molecule has 1 amide bonds. The molecule has 5 rings (SSSR count). The molecule has 0 aliphatic rings. The molecule has 0 saturated heterocycles. The Morgan fingerprint density at radius 1 is 0.844 bits per heavy atom. The Bertz CT molecular complexity index is 1350. The normalized spacial score (nSPS) is 10.8. The van der Waals surface area contributed by atoms with E-state index in [9.17, 15) is 4.79 Å². The smallest absolute Gasteiger partial charge is 0.265 e. The fourth-order valence-electron chi connectivity index (χ4n) is 3.62.